The van der Waals surface area contributed by atoms with Crippen LogP contribution in [0.2, 0.25) is 0 Å². The maximum Gasteiger partial charge on any atom is 0.237 e. The van der Waals surface area contributed by atoms with Crippen molar-refractivity contribution in [3.8, 4) is 0 Å². The van der Waals surface area contributed by atoms with Crippen LogP contribution in [0.15, 0.2) is 0 Å². The molecule has 1 saturated heterocycles. The number of carbonyl (C=O) groups is 1. The van der Waals surface area contributed by atoms with E-state index in [1.807, 2.05) is 13.8 Å². The van der Waals surface area contributed by atoms with Crippen molar-refractivity contribution in [2.45, 2.75) is 65.0 Å². The van der Waals surface area contributed by atoms with Crippen LogP contribution >= 0.6 is 24.8 Å². The molecule has 1 heterocycles. The quantitative estimate of drug-likeness (QED) is 0.807. The molecule has 6 heteroatoms. The highest BCUT2D eigenvalue weighted by molar-refractivity contribution is 5.85. The molecule has 1 aliphatic heterocycles. The molecule has 1 fully saturated rings. The maximum absolute atomic E-state index is 12.4. The zero-order valence-electron chi connectivity index (χ0n) is 13.9. The van der Waals surface area contributed by atoms with Crippen molar-refractivity contribution in [1.82, 2.24) is 10.2 Å². The first-order chi connectivity index (χ1) is 8.90. The monoisotopic (exact) mass is 341 g/mol. The molecule has 1 amide bonds. The van der Waals surface area contributed by atoms with E-state index >= 15 is 0 Å². The fourth-order valence-corrected chi connectivity index (χ4v) is 2.47. The third-order valence-corrected chi connectivity index (χ3v) is 4.67. The van der Waals surface area contributed by atoms with Crippen LogP contribution in [0.4, 0.5) is 0 Å². The third-order valence-electron chi connectivity index (χ3n) is 4.67. The van der Waals surface area contributed by atoms with Crippen molar-refractivity contribution >= 4 is 30.7 Å². The molecule has 0 saturated carbocycles. The molecule has 2 unspecified atom stereocenters. The van der Waals surface area contributed by atoms with Gasteiger partial charge in [-0.2, -0.15) is 0 Å². The highest BCUT2D eigenvalue weighted by atomic mass is 35.5. The highest BCUT2D eigenvalue weighted by Gasteiger charge is 2.31. The Morgan fingerprint density at radius 1 is 1.14 bits per heavy atom. The minimum absolute atomic E-state index is 0. The summed E-state index contributed by atoms with van der Waals surface area (Å²) in [7, 11) is 0. The Labute approximate surface area is 142 Å². The van der Waals surface area contributed by atoms with Gasteiger partial charge < -0.3 is 11.1 Å². The van der Waals surface area contributed by atoms with Crippen LogP contribution in [-0.2, 0) is 4.79 Å². The number of carbonyl (C=O) groups excluding carboxylic acids is 1. The number of likely N-dealkylation sites (tertiary alicyclic amines) is 1. The lowest BCUT2D eigenvalue weighted by atomic mass is 9.88. The summed E-state index contributed by atoms with van der Waals surface area (Å²) in [5, 5.41) is 3.15. The van der Waals surface area contributed by atoms with E-state index in [0.717, 1.165) is 13.1 Å². The predicted molar refractivity (Wildman–Crippen MR) is 94.4 cm³/mol. The molecule has 0 radical (unpaired) electrons. The number of hydrogen-bond acceptors (Lipinski definition) is 3. The highest BCUT2D eigenvalue weighted by Crippen LogP contribution is 2.17. The van der Waals surface area contributed by atoms with Crippen LogP contribution in [0.1, 0.15) is 53.4 Å². The number of amides is 1. The lowest BCUT2D eigenvalue weighted by molar-refractivity contribution is -0.128. The molecule has 3 N–H and O–H groups in total. The van der Waals surface area contributed by atoms with E-state index in [1.165, 1.54) is 25.7 Å². The molecule has 2 atom stereocenters. The second kappa shape index (κ2) is 10.7. The first-order valence-corrected chi connectivity index (χ1v) is 7.67. The first kappa shape index (κ1) is 23.2. The first-order valence-electron chi connectivity index (χ1n) is 7.67. The van der Waals surface area contributed by atoms with Crippen LogP contribution in [0.25, 0.3) is 0 Å². The molecule has 0 aromatic carbocycles. The zero-order valence-corrected chi connectivity index (χ0v) is 15.5. The number of nitrogens with two attached hydrogens (primary N) is 1. The van der Waals surface area contributed by atoms with Gasteiger partial charge in [0.2, 0.25) is 5.91 Å². The second-order valence-corrected chi connectivity index (χ2v) is 6.39. The van der Waals surface area contributed by atoms with Gasteiger partial charge in [0.1, 0.15) is 0 Å². The standard InChI is InChI=1S/C15H31N3O.2ClH/c1-12(2)15(4,11-16)17-14(19)13(3)18-9-7-5-6-8-10-18;;/h12-13H,5-11,16H2,1-4H3,(H,17,19);2*1H. The predicted octanol–water partition coefficient (Wildman–Crippen LogP) is 2.58. The van der Waals surface area contributed by atoms with Crippen LogP contribution in [0.3, 0.4) is 0 Å². The summed E-state index contributed by atoms with van der Waals surface area (Å²) in [6, 6.07) is -0.0530. The molecule has 1 rings (SSSR count). The molecule has 0 aliphatic carbocycles. The molecule has 1 aliphatic rings. The minimum atomic E-state index is -0.308. The lowest BCUT2D eigenvalue weighted by Gasteiger charge is -2.36. The maximum atomic E-state index is 12.4. The number of nitrogens with zero attached hydrogens (tertiary/aromatic N) is 1. The Kier molecular flexibility index (Phi) is 11.8. The van der Waals surface area contributed by atoms with Gasteiger partial charge in [0.05, 0.1) is 11.6 Å². The largest absolute Gasteiger partial charge is 0.348 e. The van der Waals surface area contributed by atoms with Gasteiger partial charge in [-0.15, -0.1) is 24.8 Å². The fourth-order valence-electron chi connectivity index (χ4n) is 2.47. The van der Waals surface area contributed by atoms with E-state index in [1.54, 1.807) is 0 Å². The van der Waals surface area contributed by atoms with Crippen LogP contribution in [0, 0.1) is 5.92 Å². The SMILES string of the molecule is CC(C(=O)NC(C)(CN)C(C)C)N1CCCCCC1.Cl.Cl. The van der Waals surface area contributed by atoms with Crippen molar-refractivity contribution in [1.29, 1.82) is 0 Å². The summed E-state index contributed by atoms with van der Waals surface area (Å²) in [5.74, 6) is 0.446. The Morgan fingerprint density at radius 2 is 1.62 bits per heavy atom. The summed E-state index contributed by atoms with van der Waals surface area (Å²) in [6.45, 7) is 10.8. The molecule has 0 spiro atoms. The average Bonchev–Trinajstić information content (AvgIpc) is 2.66. The van der Waals surface area contributed by atoms with Gasteiger partial charge in [-0.1, -0.05) is 26.7 Å². The molecule has 0 bridgehead atoms. The molecule has 0 aromatic heterocycles. The third kappa shape index (κ3) is 6.72. The molecule has 4 nitrogen and oxygen atoms in total. The van der Waals surface area contributed by atoms with Gasteiger partial charge in [0.15, 0.2) is 0 Å². The van der Waals surface area contributed by atoms with Crippen molar-refractivity contribution in [3.05, 3.63) is 0 Å². The molecule has 21 heavy (non-hydrogen) atoms. The minimum Gasteiger partial charge on any atom is -0.348 e. The van der Waals surface area contributed by atoms with Gasteiger partial charge in [-0.05, 0) is 45.7 Å². The van der Waals surface area contributed by atoms with E-state index in [0.29, 0.717) is 12.5 Å². The Hall–Kier alpha value is -0.0300. The number of hydrogen-bond donors (Lipinski definition) is 2. The summed E-state index contributed by atoms with van der Waals surface area (Å²) >= 11 is 0. The number of nitrogens with one attached hydrogen (secondary N) is 1. The number of rotatable bonds is 5. The summed E-state index contributed by atoms with van der Waals surface area (Å²) in [4.78, 5) is 14.7. The van der Waals surface area contributed by atoms with E-state index in [4.69, 9.17) is 5.73 Å². The van der Waals surface area contributed by atoms with Crippen molar-refractivity contribution in [2.24, 2.45) is 11.7 Å². The van der Waals surface area contributed by atoms with Crippen LogP contribution in [0.5, 0.6) is 0 Å². The second-order valence-electron chi connectivity index (χ2n) is 6.39. The van der Waals surface area contributed by atoms with E-state index in [9.17, 15) is 4.79 Å². The topological polar surface area (TPSA) is 58.4 Å². The van der Waals surface area contributed by atoms with Crippen molar-refractivity contribution < 1.29 is 4.79 Å². The van der Waals surface area contributed by atoms with E-state index in [2.05, 4.69) is 24.1 Å². The Balaban J connectivity index is 0. The van der Waals surface area contributed by atoms with E-state index in [-0.39, 0.29) is 42.3 Å². The zero-order chi connectivity index (χ0) is 14.5. The number of halogens is 2. The molecule has 0 aromatic rings. The van der Waals surface area contributed by atoms with Gasteiger partial charge in [-0.3, -0.25) is 9.69 Å². The Bertz CT molecular complexity index is 295. The van der Waals surface area contributed by atoms with Crippen molar-refractivity contribution in [3.63, 3.8) is 0 Å². The fraction of sp³-hybridized carbons (Fsp3) is 0.933. The molecule has 128 valence electrons. The van der Waals surface area contributed by atoms with Gasteiger partial charge in [0.25, 0.3) is 0 Å². The summed E-state index contributed by atoms with van der Waals surface area (Å²) < 4.78 is 0. The van der Waals surface area contributed by atoms with Gasteiger partial charge in [0, 0.05) is 6.54 Å². The summed E-state index contributed by atoms with van der Waals surface area (Å²) in [5.41, 5.74) is 5.52. The van der Waals surface area contributed by atoms with Gasteiger partial charge >= 0.3 is 0 Å². The van der Waals surface area contributed by atoms with Crippen LogP contribution in [-0.4, -0.2) is 42.0 Å². The smallest absolute Gasteiger partial charge is 0.237 e. The normalized spacial score (nSPS) is 20.5. The van der Waals surface area contributed by atoms with Crippen molar-refractivity contribution in [2.75, 3.05) is 19.6 Å². The van der Waals surface area contributed by atoms with Crippen LogP contribution < -0.4 is 11.1 Å². The summed E-state index contributed by atoms with van der Waals surface area (Å²) in [6.07, 6.45) is 4.99. The molecular weight excluding hydrogens is 309 g/mol. The van der Waals surface area contributed by atoms with E-state index < -0.39 is 0 Å². The average molecular weight is 342 g/mol. The lowest BCUT2D eigenvalue weighted by Crippen LogP contribution is -2.59. The molecular formula is C15H33Cl2N3O. The van der Waals surface area contributed by atoms with Gasteiger partial charge in [-0.25, -0.2) is 0 Å². The Morgan fingerprint density at radius 3 is 2.00 bits per heavy atom.